The molecule has 19 heavy (non-hydrogen) atoms. The van der Waals surface area contributed by atoms with E-state index in [1.165, 1.54) is 10.9 Å². The molecule has 0 saturated carbocycles. The first-order chi connectivity index (χ1) is 9.40. The molecule has 3 aromatic rings. The van der Waals surface area contributed by atoms with Crippen LogP contribution >= 0.6 is 11.3 Å². The minimum atomic E-state index is 0.106. The zero-order valence-electron chi connectivity index (χ0n) is 10.7. The molecule has 0 radical (unpaired) electrons. The van der Waals surface area contributed by atoms with Crippen LogP contribution < -0.4 is 5.32 Å². The van der Waals surface area contributed by atoms with Crippen LogP contribution in [0.4, 0.5) is 0 Å². The van der Waals surface area contributed by atoms with E-state index in [1.54, 1.807) is 11.3 Å². The lowest BCUT2D eigenvalue weighted by molar-refractivity contribution is 0.620. The SMILES string of the molecule is CCNC(c1cscn1)c1cncc2ccccc12. The van der Waals surface area contributed by atoms with Gasteiger partial charge in [0.2, 0.25) is 0 Å². The van der Waals surface area contributed by atoms with Crippen molar-refractivity contribution >= 4 is 22.1 Å². The Labute approximate surface area is 116 Å². The van der Waals surface area contributed by atoms with Gasteiger partial charge in [0.15, 0.2) is 0 Å². The Hall–Kier alpha value is -1.78. The van der Waals surface area contributed by atoms with Gasteiger partial charge in [-0.15, -0.1) is 11.3 Å². The Morgan fingerprint density at radius 1 is 1.26 bits per heavy atom. The fourth-order valence-corrected chi connectivity index (χ4v) is 2.89. The predicted octanol–water partition coefficient (Wildman–Crippen LogP) is 3.39. The van der Waals surface area contributed by atoms with Crippen molar-refractivity contribution in [2.24, 2.45) is 0 Å². The van der Waals surface area contributed by atoms with Crippen LogP contribution in [0.3, 0.4) is 0 Å². The molecule has 4 heteroatoms. The third-order valence-electron chi connectivity index (χ3n) is 3.17. The minimum absolute atomic E-state index is 0.106. The van der Waals surface area contributed by atoms with E-state index in [4.69, 9.17) is 0 Å². The molecule has 3 nitrogen and oxygen atoms in total. The summed E-state index contributed by atoms with van der Waals surface area (Å²) in [5.41, 5.74) is 4.12. The van der Waals surface area contributed by atoms with Crippen molar-refractivity contribution in [3.8, 4) is 0 Å². The summed E-state index contributed by atoms with van der Waals surface area (Å²) < 4.78 is 0. The summed E-state index contributed by atoms with van der Waals surface area (Å²) >= 11 is 1.62. The third kappa shape index (κ3) is 2.37. The van der Waals surface area contributed by atoms with Gasteiger partial charge in [0.1, 0.15) is 0 Å². The second-order valence-corrected chi connectivity index (χ2v) is 5.07. The summed E-state index contributed by atoms with van der Waals surface area (Å²) in [5.74, 6) is 0. The molecule has 0 aliphatic heterocycles. The monoisotopic (exact) mass is 269 g/mol. The van der Waals surface area contributed by atoms with Crippen molar-refractivity contribution in [3.05, 3.63) is 58.8 Å². The van der Waals surface area contributed by atoms with Crippen LogP contribution in [0.1, 0.15) is 24.2 Å². The number of hydrogen-bond donors (Lipinski definition) is 1. The van der Waals surface area contributed by atoms with Gasteiger partial charge in [-0.2, -0.15) is 0 Å². The average molecular weight is 269 g/mol. The minimum Gasteiger partial charge on any atom is -0.305 e. The summed E-state index contributed by atoms with van der Waals surface area (Å²) in [7, 11) is 0. The number of hydrogen-bond acceptors (Lipinski definition) is 4. The van der Waals surface area contributed by atoms with Crippen molar-refractivity contribution in [3.63, 3.8) is 0 Å². The number of aromatic nitrogens is 2. The lowest BCUT2D eigenvalue weighted by atomic mass is 10.00. The van der Waals surface area contributed by atoms with E-state index in [-0.39, 0.29) is 6.04 Å². The van der Waals surface area contributed by atoms with Crippen molar-refractivity contribution in [2.75, 3.05) is 6.54 Å². The second-order valence-electron chi connectivity index (χ2n) is 4.35. The maximum absolute atomic E-state index is 4.45. The summed E-state index contributed by atoms with van der Waals surface area (Å²) in [4.78, 5) is 8.81. The molecule has 0 aliphatic rings. The van der Waals surface area contributed by atoms with Gasteiger partial charge in [-0.3, -0.25) is 4.98 Å². The molecular weight excluding hydrogens is 254 g/mol. The van der Waals surface area contributed by atoms with E-state index in [2.05, 4.69) is 45.8 Å². The van der Waals surface area contributed by atoms with Crippen LogP contribution in [-0.4, -0.2) is 16.5 Å². The molecule has 2 heterocycles. The van der Waals surface area contributed by atoms with Gasteiger partial charge in [0.25, 0.3) is 0 Å². The number of fused-ring (bicyclic) bond motifs is 1. The van der Waals surface area contributed by atoms with Crippen molar-refractivity contribution in [1.29, 1.82) is 0 Å². The summed E-state index contributed by atoms with van der Waals surface area (Å²) in [6, 6.07) is 8.45. The van der Waals surface area contributed by atoms with E-state index in [9.17, 15) is 0 Å². The quantitative estimate of drug-likeness (QED) is 0.789. The highest BCUT2D eigenvalue weighted by Gasteiger charge is 2.17. The zero-order chi connectivity index (χ0) is 13.1. The number of nitrogens with zero attached hydrogens (tertiary/aromatic N) is 2. The van der Waals surface area contributed by atoms with Crippen molar-refractivity contribution in [2.45, 2.75) is 13.0 Å². The Balaban J connectivity index is 2.15. The Morgan fingerprint density at radius 2 is 2.16 bits per heavy atom. The molecule has 0 bridgehead atoms. The normalized spacial score (nSPS) is 12.7. The standard InChI is InChI=1S/C15H15N3S/c1-2-17-15(14-9-19-10-18-14)13-8-16-7-11-5-3-4-6-12(11)13/h3-10,15,17H,2H2,1H3. The molecule has 96 valence electrons. The fraction of sp³-hybridized carbons (Fsp3) is 0.200. The smallest absolute Gasteiger partial charge is 0.0795 e. The van der Waals surface area contributed by atoms with Gasteiger partial charge in [0.05, 0.1) is 17.2 Å². The van der Waals surface area contributed by atoms with E-state index < -0.39 is 0 Å². The topological polar surface area (TPSA) is 37.8 Å². The number of thiazole rings is 1. The molecule has 3 rings (SSSR count). The Bertz CT molecular complexity index is 659. The van der Waals surface area contributed by atoms with Crippen molar-refractivity contribution < 1.29 is 0 Å². The highest BCUT2D eigenvalue weighted by molar-refractivity contribution is 7.07. The van der Waals surface area contributed by atoms with E-state index in [1.807, 2.05) is 24.0 Å². The van der Waals surface area contributed by atoms with Crippen LogP contribution in [-0.2, 0) is 0 Å². The maximum Gasteiger partial charge on any atom is 0.0795 e. The van der Waals surface area contributed by atoms with Gasteiger partial charge < -0.3 is 5.32 Å². The van der Waals surface area contributed by atoms with Gasteiger partial charge in [-0.05, 0) is 11.9 Å². The van der Waals surface area contributed by atoms with Crippen LogP contribution in [0, 0.1) is 0 Å². The molecule has 0 saturated heterocycles. The molecule has 0 amide bonds. The first kappa shape index (κ1) is 12.3. The van der Waals surface area contributed by atoms with E-state index in [0.29, 0.717) is 0 Å². The van der Waals surface area contributed by atoms with E-state index >= 15 is 0 Å². The lowest BCUT2D eigenvalue weighted by Crippen LogP contribution is -2.22. The molecule has 1 unspecified atom stereocenters. The zero-order valence-corrected chi connectivity index (χ0v) is 11.5. The first-order valence-electron chi connectivity index (χ1n) is 6.34. The van der Waals surface area contributed by atoms with Gasteiger partial charge in [-0.25, -0.2) is 4.98 Å². The summed E-state index contributed by atoms with van der Waals surface area (Å²) in [6.07, 6.45) is 3.85. The summed E-state index contributed by atoms with van der Waals surface area (Å²) in [6.45, 7) is 3.00. The van der Waals surface area contributed by atoms with Crippen LogP contribution in [0.25, 0.3) is 10.8 Å². The van der Waals surface area contributed by atoms with Gasteiger partial charge >= 0.3 is 0 Å². The summed E-state index contributed by atoms with van der Waals surface area (Å²) in [5, 5.41) is 7.99. The average Bonchev–Trinajstić information content (AvgIpc) is 2.98. The Morgan fingerprint density at radius 3 is 2.95 bits per heavy atom. The molecule has 1 N–H and O–H groups in total. The fourth-order valence-electron chi connectivity index (χ4n) is 2.31. The third-order valence-corrected chi connectivity index (χ3v) is 3.77. The molecule has 0 fully saturated rings. The Kier molecular flexibility index (Phi) is 3.53. The van der Waals surface area contributed by atoms with E-state index in [0.717, 1.165) is 17.6 Å². The van der Waals surface area contributed by atoms with Gasteiger partial charge in [0, 0.05) is 28.7 Å². The highest BCUT2D eigenvalue weighted by Crippen LogP contribution is 2.27. The molecule has 1 atom stereocenters. The molecular formula is C15H15N3S. The molecule has 0 aliphatic carbocycles. The number of benzene rings is 1. The largest absolute Gasteiger partial charge is 0.305 e. The highest BCUT2D eigenvalue weighted by atomic mass is 32.1. The second kappa shape index (κ2) is 5.47. The molecule has 1 aromatic carbocycles. The molecule has 2 aromatic heterocycles. The lowest BCUT2D eigenvalue weighted by Gasteiger charge is -2.17. The predicted molar refractivity (Wildman–Crippen MR) is 79.4 cm³/mol. The molecule has 0 spiro atoms. The van der Waals surface area contributed by atoms with Crippen molar-refractivity contribution in [1.82, 2.24) is 15.3 Å². The number of pyridine rings is 1. The van der Waals surface area contributed by atoms with Gasteiger partial charge in [-0.1, -0.05) is 31.2 Å². The van der Waals surface area contributed by atoms with Crippen LogP contribution in [0.2, 0.25) is 0 Å². The van der Waals surface area contributed by atoms with Crippen LogP contribution in [0.5, 0.6) is 0 Å². The number of nitrogens with one attached hydrogen (secondary N) is 1. The number of rotatable bonds is 4. The maximum atomic E-state index is 4.45. The van der Waals surface area contributed by atoms with Crippen LogP contribution in [0.15, 0.2) is 47.5 Å². The first-order valence-corrected chi connectivity index (χ1v) is 7.28.